The summed E-state index contributed by atoms with van der Waals surface area (Å²) in [5.74, 6) is 1.83. The summed E-state index contributed by atoms with van der Waals surface area (Å²) in [5, 5.41) is 6.93. The van der Waals surface area contributed by atoms with Gasteiger partial charge in [-0.2, -0.15) is 0 Å². The zero-order chi connectivity index (χ0) is 14.9. The molecule has 21 heavy (non-hydrogen) atoms. The SMILES string of the molecule is CCNC(=NCCc1ccccn1)NC1CCC(C)CC1. The topological polar surface area (TPSA) is 49.3 Å². The Kier molecular flexibility index (Phi) is 6.51. The quantitative estimate of drug-likeness (QED) is 0.647. The lowest BCUT2D eigenvalue weighted by molar-refractivity contribution is 0.329. The monoisotopic (exact) mass is 288 g/mol. The Bertz CT molecular complexity index is 422. The smallest absolute Gasteiger partial charge is 0.191 e. The molecule has 0 atom stereocenters. The number of nitrogens with one attached hydrogen (secondary N) is 2. The Morgan fingerprint density at radius 1 is 1.29 bits per heavy atom. The van der Waals surface area contributed by atoms with E-state index in [1.54, 1.807) is 0 Å². The predicted octanol–water partition coefficient (Wildman–Crippen LogP) is 2.76. The van der Waals surface area contributed by atoms with Crippen molar-refractivity contribution in [3.05, 3.63) is 30.1 Å². The third-order valence-electron chi connectivity index (χ3n) is 4.06. The number of hydrogen-bond acceptors (Lipinski definition) is 2. The van der Waals surface area contributed by atoms with Crippen molar-refractivity contribution in [2.75, 3.05) is 13.1 Å². The lowest BCUT2D eigenvalue weighted by atomic mass is 9.87. The second kappa shape index (κ2) is 8.65. The standard InChI is InChI=1S/C17H28N4/c1-3-18-17(21-16-9-7-14(2)8-10-16)20-13-11-15-6-4-5-12-19-15/h4-6,12,14,16H,3,7-11,13H2,1-2H3,(H2,18,20,21). The van der Waals surface area contributed by atoms with Gasteiger partial charge in [-0.3, -0.25) is 9.98 Å². The Morgan fingerprint density at radius 2 is 2.10 bits per heavy atom. The Hall–Kier alpha value is -1.58. The Balaban J connectivity index is 1.81. The highest BCUT2D eigenvalue weighted by molar-refractivity contribution is 5.80. The predicted molar refractivity (Wildman–Crippen MR) is 88.5 cm³/mol. The fraction of sp³-hybridized carbons (Fsp3) is 0.647. The molecule has 0 bridgehead atoms. The van der Waals surface area contributed by atoms with Gasteiger partial charge in [0.2, 0.25) is 0 Å². The van der Waals surface area contributed by atoms with Gasteiger partial charge in [0.15, 0.2) is 5.96 Å². The maximum absolute atomic E-state index is 4.68. The number of nitrogens with zero attached hydrogens (tertiary/aromatic N) is 2. The zero-order valence-corrected chi connectivity index (χ0v) is 13.3. The second-order valence-electron chi connectivity index (χ2n) is 5.93. The third-order valence-corrected chi connectivity index (χ3v) is 4.06. The van der Waals surface area contributed by atoms with Gasteiger partial charge in [-0.15, -0.1) is 0 Å². The first-order chi connectivity index (χ1) is 10.3. The van der Waals surface area contributed by atoms with Crippen LogP contribution >= 0.6 is 0 Å². The summed E-state index contributed by atoms with van der Waals surface area (Å²) in [7, 11) is 0. The van der Waals surface area contributed by atoms with Gasteiger partial charge in [0.25, 0.3) is 0 Å². The van der Waals surface area contributed by atoms with Crippen molar-refractivity contribution in [1.29, 1.82) is 0 Å². The van der Waals surface area contributed by atoms with E-state index in [0.29, 0.717) is 6.04 Å². The summed E-state index contributed by atoms with van der Waals surface area (Å²) in [4.78, 5) is 9.01. The second-order valence-corrected chi connectivity index (χ2v) is 5.93. The van der Waals surface area contributed by atoms with Crippen LogP contribution in [0.1, 0.15) is 45.2 Å². The van der Waals surface area contributed by atoms with Gasteiger partial charge in [0.1, 0.15) is 0 Å². The lowest BCUT2D eigenvalue weighted by Gasteiger charge is -2.28. The van der Waals surface area contributed by atoms with E-state index in [-0.39, 0.29) is 0 Å². The molecule has 1 fully saturated rings. The normalized spacial score (nSPS) is 22.9. The highest BCUT2D eigenvalue weighted by Crippen LogP contribution is 2.23. The van der Waals surface area contributed by atoms with Gasteiger partial charge in [-0.1, -0.05) is 13.0 Å². The number of rotatable bonds is 5. The van der Waals surface area contributed by atoms with E-state index in [4.69, 9.17) is 0 Å². The summed E-state index contributed by atoms with van der Waals surface area (Å²) in [6.07, 6.45) is 7.89. The minimum absolute atomic E-state index is 0.578. The Labute approximate surface area is 128 Å². The maximum atomic E-state index is 4.68. The molecule has 1 aliphatic carbocycles. The van der Waals surface area contributed by atoms with Gasteiger partial charge in [-0.25, -0.2) is 0 Å². The molecule has 0 aromatic carbocycles. The summed E-state index contributed by atoms with van der Waals surface area (Å²) >= 11 is 0. The number of aromatic nitrogens is 1. The summed E-state index contributed by atoms with van der Waals surface area (Å²) in [6, 6.07) is 6.60. The first-order valence-corrected chi connectivity index (χ1v) is 8.22. The van der Waals surface area contributed by atoms with E-state index >= 15 is 0 Å². The molecular weight excluding hydrogens is 260 g/mol. The van der Waals surface area contributed by atoms with Crippen molar-refractivity contribution in [3.63, 3.8) is 0 Å². The van der Waals surface area contributed by atoms with Crippen LogP contribution in [0, 0.1) is 5.92 Å². The van der Waals surface area contributed by atoms with Crippen LogP contribution in [-0.4, -0.2) is 30.1 Å². The van der Waals surface area contributed by atoms with Crippen molar-refractivity contribution >= 4 is 5.96 Å². The molecule has 0 radical (unpaired) electrons. The third kappa shape index (κ3) is 5.74. The van der Waals surface area contributed by atoms with E-state index in [1.165, 1.54) is 25.7 Å². The van der Waals surface area contributed by atoms with Gasteiger partial charge in [0.05, 0.1) is 0 Å². The van der Waals surface area contributed by atoms with Crippen molar-refractivity contribution < 1.29 is 0 Å². The largest absolute Gasteiger partial charge is 0.357 e. The molecule has 0 unspecified atom stereocenters. The molecule has 0 amide bonds. The first-order valence-electron chi connectivity index (χ1n) is 8.22. The van der Waals surface area contributed by atoms with Gasteiger partial charge >= 0.3 is 0 Å². The van der Waals surface area contributed by atoms with Gasteiger partial charge in [-0.05, 0) is 50.7 Å². The number of guanidine groups is 1. The van der Waals surface area contributed by atoms with Gasteiger partial charge < -0.3 is 10.6 Å². The molecule has 0 aliphatic heterocycles. The summed E-state index contributed by atoms with van der Waals surface area (Å²) in [6.45, 7) is 6.13. The Morgan fingerprint density at radius 3 is 2.76 bits per heavy atom. The fourth-order valence-electron chi connectivity index (χ4n) is 2.75. The molecule has 4 nitrogen and oxygen atoms in total. The minimum atomic E-state index is 0.578. The molecule has 1 heterocycles. The number of hydrogen-bond donors (Lipinski definition) is 2. The van der Waals surface area contributed by atoms with Gasteiger partial charge in [0, 0.05) is 37.4 Å². The molecular formula is C17H28N4. The molecule has 4 heteroatoms. The van der Waals surface area contributed by atoms with Crippen molar-refractivity contribution in [2.45, 2.75) is 52.0 Å². The molecule has 0 saturated heterocycles. The number of pyridine rings is 1. The molecule has 2 rings (SSSR count). The maximum Gasteiger partial charge on any atom is 0.191 e. The molecule has 1 aromatic heterocycles. The molecule has 116 valence electrons. The average Bonchev–Trinajstić information content (AvgIpc) is 2.51. The van der Waals surface area contributed by atoms with Crippen LogP contribution in [-0.2, 0) is 6.42 Å². The first kappa shape index (κ1) is 15.8. The van der Waals surface area contributed by atoms with Crippen LogP contribution < -0.4 is 10.6 Å². The summed E-state index contributed by atoms with van der Waals surface area (Å²) in [5.41, 5.74) is 1.10. The fourth-order valence-corrected chi connectivity index (χ4v) is 2.75. The van der Waals surface area contributed by atoms with Crippen LogP contribution in [0.5, 0.6) is 0 Å². The highest BCUT2D eigenvalue weighted by atomic mass is 15.2. The van der Waals surface area contributed by atoms with Crippen molar-refractivity contribution in [1.82, 2.24) is 15.6 Å². The van der Waals surface area contributed by atoms with E-state index in [2.05, 4.69) is 40.5 Å². The van der Waals surface area contributed by atoms with Crippen molar-refractivity contribution in [2.24, 2.45) is 10.9 Å². The van der Waals surface area contributed by atoms with E-state index in [0.717, 1.165) is 37.1 Å². The number of aliphatic imine (C=N–C) groups is 1. The molecule has 1 saturated carbocycles. The van der Waals surface area contributed by atoms with Crippen LogP contribution in [0.4, 0.5) is 0 Å². The highest BCUT2D eigenvalue weighted by Gasteiger charge is 2.18. The van der Waals surface area contributed by atoms with Crippen LogP contribution in [0.25, 0.3) is 0 Å². The summed E-state index contributed by atoms with van der Waals surface area (Å²) < 4.78 is 0. The molecule has 1 aliphatic rings. The molecule has 0 spiro atoms. The van der Waals surface area contributed by atoms with Crippen LogP contribution in [0.2, 0.25) is 0 Å². The van der Waals surface area contributed by atoms with Crippen LogP contribution in [0.3, 0.4) is 0 Å². The zero-order valence-electron chi connectivity index (χ0n) is 13.3. The van der Waals surface area contributed by atoms with E-state index in [9.17, 15) is 0 Å². The lowest BCUT2D eigenvalue weighted by Crippen LogP contribution is -2.44. The van der Waals surface area contributed by atoms with Crippen molar-refractivity contribution in [3.8, 4) is 0 Å². The molecule has 1 aromatic rings. The molecule has 2 N–H and O–H groups in total. The van der Waals surface area contributed by atoms with Crippen LogP contribution in [0.15, 0.2) is 29.4 Å². The average molecular weight is 288 g/mol. The minimum Gasteiger partial charge on any atom is -0.357 e. The van der Waals surface area contributed by atoms with E-state index < -0.39 is 0 Å². The van der Waals surface area contributed by atoms with E-state index in [1.807, 2.05) is 18.3 Å².